The summed E-state index contributed by atoms with van der Waals surface area (Å²) in [5.41, 5.74) is 3.98. The first kappa shape index (κ1) is 11.9. The summed E-state index contributed by atoms with van der Waals surface area (Å²) in [4.78, 5) is 18.6. The Hall–Kier alpha value is -1.84. The summed E-state index contributed by atoms with van der Waals surface area (Å²) in [7, 11) is 0. The van der Waals surface area contributed by atoms with E-state index in [2.05, 4.69) is 28.5 Å². The predicted molar refractivity (Wildman–Crippen MR) is 78.8 cm³/mol. The van der Waals surface area contributed by atoms with Crippen molar-refractivity contribution in [2.45, 2.75) is 32.1 Å². The lowest BCUT2D eigenvalue weighted by Crippen LogP contribution is -2.39. The van der Waals surface area contributed by atoms with Gasteiger partial charge in [0.25, 0.3) is 0 Å². The Kier molecular flexibility index (Phi) is 2.76. The van der Waals surface area contributed by atoms with E-state index in [4.69, 9.17) is 0 Å². The Labute approximate surface area is 118 Å². The number of anilines is 1. The maximum Gasteiger partial charge on any atom is 0.232 e. The van der Waals surface area contributed by atoms with Gasteiger partial charge in [-0.3, -0.25) is 14.7 Å². The number of hydrogen-bond acceptors (Lipinski definition) is 3. The fourth-order valence-electron chi connectivity index (χ4n) is 3.18. The van der Waals surface area contributed by atoms with E-state index in [0.717, 1.165) is 44.0 Å². The molecule has 1 saturated carbocycles. The summed E-state index contributed by atoms with van der Waals surface area (Å²) in [6.45, 7) is 1.45. The van der Waals surface area contributed by atoms with Crippen LogP contribution >= 0.6 is 0 Å². The lowest BCUT2D eigenvalue weighted by Gasteiger charge is -2.20. The van der Waals surface area contributed by atoms with Gasteiger partial charge in [0, 0.05) is 18.2 Å². The zero-order valence-electron chi connectivity index (χ0n) is 11.6. The van der Waals surface area contributed by atoms with Gasteiger partial charge in [-0.15, -0.1) is 0 Å². The highest BCUT2D eigenvalue weighted by Gasteiger charge is 2.36. The molecule has 4 nitrogen and oxygen atoms in total. The fourth-order valence-corrected chi connectivity index (χ4v) is 3.18. The minimum Gasteiger partial charge on any atom is -0.326 e. The van der Waals surface area contributed by atoms with Gasteiger partial charge in [0.2, 0.25) is 11.9 Å². The molecule has 20 heavy (non-hydrogen) atoms. The van der Waals surface area contributed by atoms with Crippen molar-refractivity contribution in [2.75, 3.05) is 18.4 Å². The number of aryl methyl sites for hydroxylation is 1. The first-order chi connectivity index (χ1) is 9.83. The van der Waals surface area contributed by atoms with Crippen LogP contribution in [0, 0.1) is 5.92 Å². The number of nitrogens with zero attached hydrogens (tertiary/aromatic N) is 2. The summed E-state index contributed by atoms with van der Waals surface area (Å²) in [6, 6.07) is 6.40. The van der Waals surface area contributed by atoms with Crippen LogP contribution in [0.5, 0.6) is 0 Å². The molecule has 0 radical (unpaired) electrons. The molecular weight excluding hydrogens is 250 g/mol. The molecule has 2 aliphatic carbocycles. The van der Waals surface area contributed by atoms with Gasteiger partial charge in [0.15, 0.2) is 0 Å². The average Bonchev–Trinajstić information content (AvgIpc) is 3.01. The molecule has 0 saturated heterocycles. The molecule has 1 heterocycles. The zero-order chi connectivity index (χ0) is 13.5. The Morgan fingerprint density at radius 1 is 1.30 bits per heavy atom. The van der Waals surface area contributed by atoms with Crippen molar-refractivity contribution in [3.63, 3.8) is 0 Å². The third-order valence-electron chi connectivity index (χ3n) is 4.43. The normalized spacial score (nSPS) is 20.8. The van der Waals surface area contributed by atoms with E-state index < -0.39 is 0 Å². The molecule has 1 aliphatic heterocycles. The van der Waals surface area contributed by atoms with E-state index in [1.165, 1.54) is 24.0 Å². The summed E-state index contributed by atoms with van der Waals surface area (Å²) < 4.78 is 0. The van der Waals surface area contributed by atoms with Crippen molar-refractivity contribution < 1.29 is 4.79 Å². The maximum atomic E-state index is 12.2. The molecule has 1 aromatic carbocycles. The number of carbonyl (C=O) groups is 1. The first-order valence-electron chi connectivity index (χ1n) is 7.56. The third kappa shape index (κ3) is 1.99. The van der Waals surface area contributed by atoms with Gasteiger partial charge in [-0.2, -0.15) is 0 Å². The number of carbonyl (C=O) groups excluding carboxylic acids is 1. The van der Waals surface area contributed by atoms with E-state index in [9.17, 15) is 4.79 Å². The Balaban J connectivity index is 1.56. The van der Waals surface area contributed by atoms with Crippen molar-refractivity contribution in [2.24, 2.45) is 10.9 Å². The number of nitrogens with one attached hydrogen (secondary N) is 1. The predicted octanol–water partition coefficient (Wildman–Crippen LogP) is 2.20. The minimum absolute atomic E-state index is 0.251. The van der Waals surface area contributed by atoms with Gasteiger partial charge in [-0.25, -0.2) is 0 Å². The van der Waals surface area contributed by atoms with Gasteiger partial charge < -0.3 is 5.32 Å². The molecule has 1 amide bonds. The second-order valence-electron chi connectivity index (χ2n) is 5.89. The van der Waals surface area contributed by atoms with Gasteiger partial charge in [0.1, 0.15) is 0 Å². The van der Waals surface area contributed by atoms with Crippen molar-refractivity contribution in [3.05, 3.63) is 29.3 Å². The smallest absolute Gasteiger partial charge is 0.232 e. The molecule has 3 aliphatic rings. The molecule has 4 heteroatoms. The Morgan fingerprint density at radius 3 is 3.05 bits per heavy atom. The van der Waals surface area contributed by atoms with Crippen LogP contribution in [0.15, 0.2) is 23.2 Å². The fraction of sp³-hybridized carbons (Fsp3) is 0.500. The minimum atomic E-state index is 0.251. The van der Waals surface area contributed by atoms with Crippen molar-refractivity contribution in [3.8, 4) is 0 Å². The number of amides is 1. The second-order valence-corrected chi connectivity index (χ2v) is 5.89. The highest BCUT2D eigenvalue weighted by Crippen LogP contribution is 2.32. The number of benzene rings is 1. The number of fused-ring (bicyclic) bond motifs is 1. The highest BCUT2D eigenvalue weighted by molar-refractivity contribution is 6.06. The van der Waals surface area contributed by atoms with E-state index in [-0.39, 0.29) is 11.8 Å². The molecule has 4 rings (SSSR count). The molecule has 0 bridgehead atoms. The van der Waals surface area contributed by atoms with Crippen LogP contribution in [0.3, 0.4) is 0 Å². The number of guanidine groups is 1. The van der Waals surface area contributed by atoms with Crippen LogP contribution in [0.1, 0.15) is 30.4 Å². The quantitative estimate of drug-likeness (QED) is 0.894. The lowest BCUT2D eigenvalue weighted by molar-refractivity contribution is -0.128. The van der Waals surface area contributed by atoms with Crippen molar-refractivity contribution in [1.82, 2.24) is 4.90 Å². The van der Waals surface area contributed by atoms with Crippen LogP contribution < -0.4 is 5.32 Å². The number of hydrogen-bond donors (Lipinski definition) is 1. The summed E-state index contributed by atoms with van der Waals surface area (Å²) >= 11 is 0. The summed E-state index contributed by atoms with van der Waals surface area (Å²) in [5.74, 6) is 1.25. The first-order valence-corrected chi connectivity index (χ1v) is 7.56. The van der Waals surface area contributed by atoms with Crippen molar-refractivity contribution >= 4 is 17.6 Å². The second kappa shape index (κ2) is 4.62. The molecule has 1 N–H and O–H groups in total. The Morgan fingerprint density at radius 2 is 2.20 bits per heavy atom. The van der Waals surface area contributed by atoms with E-state index in [0.29, 0.717) is 0 Å². The van der Waals surface area contributed by atoms with E-state index >= 15 is 0 Å². The van der Waals surface area contributed by atoms with Crippen LogP contribution in [0.4, 0.5) is 5.69 Å². The average molecular weight is 269 g/mol. The SMILES string of the molecule is O=C(C1CC1)N1CCN=C1Nc1cccc2c1CCC2. The molecule has 0 unspecified atom stereocenters. The largest absolute Gasteiger partial charge is 0.326 e. The van der Waals surface area contributed by atoms with Crippen molar-refractivity contribution in [1.29, 1.82) is 0 Å². The summed E-state index contributed by atoms with van der Waals surface area (Å²) in [6.07, 6.45) is 5.61. The van der Waals surface area contributed by atoms with Crippen LogP contribution in [0.2, 0.25) is 0 Å². The monoisotopic (exact) mass is 269 g/mol. The molecule has 0 aromatic heterocycles. The van der Waals surface area contributed by atoms with Gasteiger partial charge >= 0.3 is 0 Å². The molecular formula is C16H19N3O. The number of aliphatic imine (C=N–C) groups is 1. The number of rotatable bonds is 2. The zero-order valence-corrected chi connectivity index (χ0v) is 11.6. The standard InChI is InChI=1S/C16H19N3O/c20-15(12-7-8-12)19-10-9-17-16(19)18-14-6-2-4-11-3-1-5-13(11)14/h2,4,6,12H,1,3,5,7-10H2,(H,17,18). The lowest BCUT2D eigenvalue weighted by atomic mass is 10.1. The molecule has 1 aromatic rings. The summed E-state index contributed by atoms with van der Waals surface area (Å²) in [5, 5.41) is 3.41. The maximum absolute atomic E-state index is 12.2. The molecule has 0 atom stereocenters. The van der Waals surface area contributed by atoms with Gasteiger partial charge in [-0.1, -0.05) is 12.1 Å². The highest BCUT2D eigenvalue weighted by atomic mass is 16.2. The van der Waals surface area contributed by atoms with E-state index in [1.807, 2.05) is 4.90 Å². The van der Waals surface area contributed by atoms with Crippen LogP contribution in [0.25, 0.3) is 0 Å². The molecule has 1 fully saturated rings. The van der Waals surface area contributed by atoms with Gasteiger partial charge in [-0.05, 0) is 49.3 Å². The van der Waals surface area contributed by atoms with E-state index in [1.54, 1.807) is 0 Å². The molecule has 0 spiro atoms. The topological polar surface area (TPSA) is 44.7 Å². The molecule has 104 valence electrons. The third-order valence-corrected chi connectivity index (χ3v) is 4.43. The van der Waals surface area contributed by atoms with Gasteiger partial charge in [0.05, 0.1) is 6.54 Å². The van der Waals surface area contributed by atoms with Crippen LogP contribution in [-0.4, -0.2) is 29.9 Å². The van der Waals surface area contributed by atoms with Crippen LogP contribution in [-0.2, 0) is 17.6 Å². The Bertz CT molecular complexity index is 589.